The van der Waals surface area contributed by atoms with Crippen molar-refractivity contribution in [2.24, 2.45) is 0 Å². The van der Waals surface area contributed by atoms with Crippen molar-refractivity contribution in [2.75, 3.05) is 6.61 Å². The highest BCUT2D eigenvalue weighted by Gasteiger charge is 2.10. The minimum absolute atomic E-state index is 0.0717. The molecule has 0 fully saturated rings. The summed E-state index contributed by atoms with van der Waals surface area (Å²) in [5.41, 5.74) is 2.48. The normalized spacial score (nSPS) is 11.4. The van der Waals surface area contributed by atoms with Crippen LogP contribution in [0, 0.1) is 0 Å². The van der Waals surface area contributed by atoms with Gasteiger partial charge in [0, 0.05) is 0 Å². The summed E-state index contributed by atoms with van der Waals surface area (Å²) in [6, 6.07) is 17.3. The SMILES string of the molecule is C=Cc1ccc([Si]c2ccccc2CCOC(C)(C)C)cc1. The molecule has 0 aliphatic rings. The van der Waals surface area contributed by atoms with E-state index in [-0.39, 0.29) is 5.60 Å². The number of hydrogen-bond donors (Lipinski definition) is 0. The molecule has 0 N–H and O–H groups in total. The van der Waals surface area contributed by atoms with Crippen molar-refractivity contribution in [1.82, 2.24) is 0 Å². The monoisotopic (exact) mass is 308 g/mol. The molecular weight excluding hydrogens is 284 g/mol. The largest absolute Gasteiger partial charge is 0.376 e. The summed E-state index contributed by atoms with van der Waals surface area (Å²) < 4.78 is 5.86. The minimum atomic E-state index is -0.0717. The summed E-state index contributed by atoms with van der Waals surface area (Å²) in [6.45, 7) is 10.9. The predicted molar refractivity (Wildman–Crippen MR) is 97.4 cm³/mol. The molecule has 2 aromatic rings. The fourth-order valence-electron chi connectivity index (χ4n) is 2.19. The van der Waals surface area contributed by atoms with E-state index in [9.17, 15) is 0 Å². The molecule has 2 radical (unpaired) electrons. The van der Waals surface area contributed by atoms with Gasteiger partial charge in [0.2, 0.25) is 0 Å². The molecule has 0 bridgehead atoms. The van der Waals surface area contributed by atoms with E-state index >= 15 is 0 Å². The fourth-order valence-corrected chi connectivity index (χ4v) is 3.38. The first-order valence-corrected chi connectivity index (χ1v) is 8.69. The molecule has 0 saturated carbocycles. The van der Waals surface area contributed by atoms with Crippen LogP contribution in [-0.4, -0.2) is 21.7 Å². The van der Waals surface area contributed by atoms with Gasteiger partial charge in [-0.3, -0.25) is 0 Å². The summed E-state index contributed by atoms with van der Waals surface area (Å²) in [5, 5.41) is 2.76. The van der Waals surface area contributed by atoms with Crippen molar-refractivity contribution >= 4 is 26.0 Å². The molecule has 114 valence electrons. The average molecular weight is 308 g/mol. The van der Waals surface area contributed by atoms with Crippen LogP contribution in [0.15, 0.2) is 55.1 Å². The molecule has 2 rings (SSSR count). The van der Waals surface area contributed by atoms with E-state index in [4.69, 9.17) is 4.74 Å². The zero-order valence-electron chi connectivity index (χ0n) is 13.7. The van der Waals surface area contributed by atoms with Gasteiger partial charge < -0.3 is 4.74 Å². The first-order valence-electron chi connectivity index (χ1n) is 7.69. The Morgan fingerprint density at radius 3 is 2.36 bits per heavy atom. The number of ether oxygens (including phenoxy) is 1. The first-order chi connectivity index (χ1) is 10.5. The van der Waals surface area contributed by atoms with Crippen LogP contribution < -0.4 is 10.4 Å². The Morgan fingerprint density at radius 1 is 1.05 bits per heavy atom. The molecule has 2 aromatic carbocycles. The molecule has 0 aromatic heterocycles. The van der Waals surface area contributed by atoms with E-state index in [0.717, 1.165) is 13.0 Å². The predicted octanol–water partition coefficient (Wildman–Crippen LogP) is 3.34. The van der Waals surface area contributed by atoms with Gasteiger partial charge in [-0.1, -0.05) is 71.6 Å². The van der Waals surface area contributed by atoms with Gasteiger partial charge in [-0.05, 0) is 38.3 Å². The highest BCUT2D eigenvalue weighted by molar-refractivity contribution is 6.67. The summed E-state index contributed by atoms with van der Waals surface area (Å²) >= 11 is 0. The third-order valence-electron chi connectivity index (χ3n) is 3.35. The van der Waals surface area contributed by atoms with Gasteiger partial charge in [0.1, 0.15) is 9.52 Å². The first kappa shape index (κ1) is 16.7. The van der Waals surface area contributed by atoms with E-state index in [1.54, 1.807) is 0 Å². The zero-order chi connectivity index (χ0) is 16.0. The maximum absolute atomic E-state index is 5.86. The molecule has 0 heterocycles. The lowest BCUT2D eigenvalue weighted by atomic mass is 10.1. The maximum atomic E-state index is 5.86. The molecule has 0 saturated heterocycles. The second-order valence-electron chi connectivity index (χ2n) is 6.32. The molecule has 0 atom stereocenters. The van der Waals surface area contributed by atoms with Crippen LogP contribution in [0.25, 0.3) is 6.08 Å². The second-order valence-corrected chi connectivity index (χ2v) is 7.69. The highest BCUT2D eigenvalue weighted by Crippen LogP contribution is 2.08. The molecule has 22 heavy (non-hydrogen) atoms. The van der Waals surface area contributed by atoms with Gasteiger partial charge in [-0.15, -0.1) is 0 Å². The molecule has 2 heteroatoms. The number of benzene rings is 2. The van der Waals surface area contributed by atoms with Crippen LogP contribution in [0.4, 0.5) is 0 Å². The van der Waals surface area contributed by atoms with Crippen LogP contribution in [0.2, 0.25) is 0 Å². The van der Waals surface area contributed by atoms with Crippen LogP contribution >= 0.6 is 0 Å². The maximum Gasteiger partial charge on any atom is 0.121 e. The fraction of sp³-hybridized carbons (Fsp3) is 0.300. The summed E-state index contributed by atoms with van der Waals surface area (Å²) in [5.74, 6) is 0. The molecule has 1 nitrogen and oxygen atoms in total. The molecule has 0 spiro atoms. The summed E-state index contributed by atoms with van der Waals surface area (Å²) in [4.78, 5) is 0. The van der Waals surface area contributed by atoms with E-state index in [0.29, 0.717) is 9.52 Å². The van der Waals surface area contributed by atoms with E-state index < -0.39 is 0 Å². The average Bonchev–Trinajstić information content (AvgIpc) is 2.48. The topological polar surface area (TPSA) is 9.23 Å². The Kier molecular flexibility index (Phi) is 5.75. The van der Waals surface area contributed by atoms with E-state index in [1.165, 1.54) is 21.5 Å². The van der Waals surface area contributed by atoms with E-state index in [1.807, 2.05) is 6.08 Å². The Morgan fingerprint density at radius 2 is 1.73 bits per heavy atom. The van der Waals surface area contributed by atoms with Crippen molar-refractivity contribution in [3.8, 4) is 0 Å². The van der Waals surface area contributed by atoms with E-state index in [2.05, 4.69) is 75.9 Å². The van der Waals surface area contributed by atoms with Crippen LogP contribution in [0.5, 0.6) is 0 Å². The Bertz CT molecular complexity index is 608. The van der Waals surface area contributed by atoms with Crippen LogP contribution in [0.3, 0.4) is 0 Å². The van der Waals surface area contributed by atoms with Gasteiger partial charge in [-0.2, -0.15) is 0 Å². The van der Waals surface area contributed by atoms with Crippen LogP contribution in [-0.2, 0) is 11.2 Å². The van der Waals surface area contributed by atoms with Crippen molar-refractivity contribution in [3.05, 3.63) is 66.2 Å². The third-order valence-corrected chi connectivity index (χ3v) is 4.73. The van der Waals surface area contributed by atoms with Crippen molar-refractivity contribution in [3.63, 3.8) is 0 Å². The Balaban J connectivity index is 2.05. The number of rotatable bonds is 6. The Labute approximate surface area is 136 Å². The smallest absolute Gasteiger partial charge is 0.121 e. The van der Waals surface area contributed by atoms with Gasteiger partial charge in [0.05, 0.1) is 12.2 Å². The molecule has 0 amide bonds. The summed E-state index contributed by atoms with van der Waals surface area (Å²) in [7, 11) is 0.681. The van der Waals surface area contributed by atoms with Crippen LogP contribution in [0.1, 0.15) is 31.9 Å². The van der Waals surface area contributed by atoms with Crippen molar-refractivity contribution in [2.45, 2.75) is 32.8 Å². The molecule has 0 aliphatic heterocycles. The Hall–Kier alpha value is -1.64. The van der Waals surface area contributed by atoms with Gasteiger partial charge in [-0.25, -0.2) is 0 Å². The molecule has 0 aliphatic carbocycles. The minimum Gasteiger partial charge on any atom is -0.376 e. The van der Waals surface area contributed by atoms with Crippen molar-refractivity contribution < 1.29 is 4.74 Å². The zero-order valence-corrected chi connectivity index (χ0v) is 14.7. The molecule has 0 unspecified atom stereocenters. The second kappa shape index (κ2) is 7.57. The van der Waals surface area contributed by atoms with Gasteiger partial charge in [0.15, 0.2) is 0 Å². The lowest BCUT2D eigenvalue weighted by Gasteiger charge is -2.20. The summed E-state index contributed by atoms with van der Waals surface area (Å²) in [6.07, 6.45) is 2.84. The number of hydrogen-bond acceptors (Lipinski definition) is 1. The standard InChI is InChI=1S/C20H24OSi/c1-5-16-10-12-18(13-11-16)22-19-9-7-6-8-17(19)14-15-21-20(2,3)4/h5-13H,1,14-15H2,2-4H3. The quantitative estimate of drug-likeness (QED) is 0.744. The highest BCUT2D eigenvalue weighted by atomic mass is 28.2. The lowest BCUT2D eigenvalue weighted by molar-refractivity contribution is -0.000912. The van der Waals surface area contributed by atoms with Gasteiger partial charge >= 0.3 is 0 Å². The lowest BCUT2D eigenvalue weighted by Crippen LogP contribution is -2.30. The molecular formula is C20H24OSi. The third kappa shape index (κ3) is 5.28. The van der Waals surface area contributed by atoms with Crippen molar-refractivity contribution in [1.29, 1.82) is 0 Å². The van der Waals surface area contributed by atoms with Gasteiger partial charge in [0.25, 0.3) is 0 Å².